The predicted molar refractivity (Wildman–Crippen MR) is 86.0 cm³/mol. The van der Waals surface area contributed by atoms with Crippen LogP contribution in [0.4, 0.5) is 0 Å². The summed E-state index contributed by atoms with van der Waals surface area (Å²) in [6, 6.07) is 4.92. The van der Waals surface area contributed by atoms with Gasteiger partial charge in [0.25, 0.3) is 5.91 Å². The summed E-state index contributed by atoms with van der Waals surface area (Å²) in [5.41, 5.74) is 0.512. The highest BCUT2D eigenvalue weighted by Gasteiger charge is 2.27. The van der Waals surface area contributed by atoms with Gasteiger partial charge >= 0.3 is 5.97 Å². The highest BCUT2D eigenvalue weighted by Crippen LogP contribution is 2.28. The first-order valence-electron chi connectivity index (χ1n) is 7.40. The van der Waals surface area contributed by atoms with Gasteiger partial charge in [-0.15, -0.1) is 0 Å². The number of ether oxygens (including phenoxy) is 1. The van der Waals surface area contributed by atoms with Crippen LogP contribution in [0.3, 0.4) is 0 Å². The van der Waals surface area contributed by atoms with E-state index in [9.17, 15) is 9.59 Å². The van der Waals surface area contributed by atoms with Gasteiger partial charge in [-0.3, -0.25) is 9.59 Å². The Balaban J connectivity index is 2.15. The summed E-state index contributed by atoms with van der Waals surface area (Å²) in [6.07, 6.45) is 4.33. The Bertz CT molecular complexity index is 556. The SMILES string of the molecule is CC(=O)O[C@H](C(=O)NC1CCCCC1)c1ccc(Cl)c(Cl)c1. The van der Waals surface area contributed by atoms with E-state index in [0.717, 1.165) is 25.7 Å². The summed E-state index contributed by atoms with van der Waals surface area (Å²) in [5.74, 6) is -0.838. The summed E-state index contributed by atoms with van der Waals surface area (Å²) in [5, 5.41) is 3.67. The van der Waals surface area contributed by atoms with Crippen LogP contribution in [0.2, 0.25) is 10.0 Å². The van der Waals surface area contributed by atoms with E-state index >= 15 is 0 Å². The molecule has 2 rings (SSSR count). The zero-order valence-corrected chi connectivity index (χ0v) is 13.9. The topological polar surface area (TPSA) is 55.4 Å². The number of esters is 1. The highest BCUT2D eigenvalue weighted by atomic mass is 35.5. The highest BCUT2D eigenvalue weighted by molar-refractivity contribution is 6.42. The minimum absolute atomic E-state index is 0.141. The molecule has 1 saturated carbocycles. The second kappa shape index (κ2) is 7.84. The van der Waals surface area contributed by atoms with E-state index in [2.05, 4.69) is 5.32 Å². The van der Waals surface area contributed by atoms with Crippen LogP contribution >= 0.6 is 23.2 Å². The molecule has 0 radical (unpaired) electrons. The van der Waals surface area contributed by atoms with Crippen molar-refractivity contribution in [2.24, 2.45) is 0 Å². The van der Waals surface area contributed by atoms with Gasteiger partial charge in [0, 0.05) is 18.5 Å². The maximum atomic E-state index is 12.5. The smallest absolute Gasteiger partial charge is 0.303 e. The van der Waals surface area contributed by atoms with Crippen molar-refractivity contribution in [2.45, 2.75) is 51.2 Å². The van der Waals surface area contributed by atoms with Gasteiger partial charge in [-0.05, 0) is 25.0 Å². The summed E-state index contributed by atoms with van der Waals surface area (Å²) in [7, 11) is 0. The second-order valence-corrected chi connectivity index (χ2v) is 6.32. The molecule has 6 heteroatoms. The number of rotatable bonds is 4. The van der Waals surface area contributed by atoms with Crippen LogP contribution < -0.4 is 5.32 Å². The van der Waals surface area contributed by atoms with E-state index in [-0.39, 0.29) is 11.9 Å². The molecule has 0 bridgehead atoms. The molecule has 120 valence electrons. The molecule has 4 nitrogen and oxygen atoms in total. The third-order valence-electron chi connectivity index (χ3n) is 3.72. The van der Waals surface area contributed by atoms with Crippen molar-refractivity contribution in [3.8, 4) is 0 Å². The third-order valence-corrected chi connectivity index (χ3v) is 4.46. The maximum absolute atomic E-state index is 12.5. The lowest BCUT2D eigenvalue weighted by Gasteiger charge is -2.25. The number of carbonyl (C=O) groups excluding carboxylic acids is 2. The first-order valence-corrected chi connectivity index (χ1v) is 8.15. The monoisotopic (exact) mass is 343 g/mol. The molecular formula is C16H19Cl2NO3. The standard InChI is InChI=1S/C16H19Cl2NO3/c1-10(20)22-15(11-7-8-13(17)14(18)9-11)16(21)19-12-5-3-2-4-6-12/h7-9,12,15H,2-6H2,1H3,(H,19,21)/t15-/m0/s1. The summed E-state index contributed by atoms with van der Waals surface area (Å²) in [4.78, 5) is 23.8. The Morgan fingerprint density at radius 3 is 2.45 bits per heavy atom. The van der Waals surface area contributed by atoms with E-state index in [1.54, 1.807) is 18.2 Å². The number of carbonyl (C=O) groups is 2. The average Bonchev–Trinajstić information content (AvgIpc) is 2.48. The lowest BCUT2D eigenvalue weighted by molar-refractivity contribution is -0.154. The zero-order valence-electron chi connectivity index (χ0n) is 12.4. The van der Waals surface area contributed by atoms with Crippen LogP contribution in [0.1, 0.15) is 50.7 Å². The second-order valence-electron chi connectivity index (χ2n) is 5.51. The van der Waals surface area contributed by atoms with Crippen molar-refractivity contribution in [1.29, 1.82) is 0 Å². The fourth-order valence-corrected chi connectivity index (χ4v) is 2.94. The number of hydrogen-bond donors (Lipinski definition) is 1. The molecule has 1 atom stereocenters. The molecule has 1 aromatic carbocycles. The molecule has 0 aliphatic heterocycles. The lowest BCUT2D eigenvalue weighted by Crippen LogP contribution is -2.40. The fourth-order valence-electron chi connectivity index (χ4n) is 2.64. The molecule has 1 aromatic rings. The van der Waals surface area contributed by atoms with Crippen LogP contribution in [0, 0.1) is 0 Å². The molecule has 0 saturated heterocycles. The summed E-state index contributed by atoms with van der Waals surface area (Å²) in [6.45, 7) is 1.28. The molecular weight excluding hydrogens is 325 g/mol. The molecule has 0 spiro atoms. The molecule has 0 heterocycles. The molecule has 1 aliphatic rings. The van der Waals surface area contributed by atoms with Gasteiger partial charge in [-0.2, -0.15) is 0 Å². The van der Waals surface area contributed by atoms with E-state index in [4.69, 9.17) is 27.9 Å². The van der Waals surface area contributed by atoms with Crippen molar-refractivity contribution in [3.63, 3.8) is 0 Å². The van der Waals surface area contributed by atoms with Crippen molar-refractivity contribution in [1.82, 2.24) is 5.32 Å². The van der Waals surface area contributed by atoms with E-state index in [0.29, 0.717) is 15.6 Å². The van der Waals surface area contributed by atoms with E-state index in [1.165, 1.54) is 13.3 Å². The molecule has 0 aromatic heterocycles. The van der Waals surface area contributed by atoms with Crippen LogP contribution in [0.5, 0.6) is 0 Å². The van der Waals surface area contributed by atoms with E-state index in [1.807, 2.05) is 0 Å². The molecule has 22 heavy (non-hydrogen) atoms. The van der Waals surface area contributed by atoms with Gasteiger partial charge in [0.15, 0.2) is 0 Å². The summed E-state index contributed by atoms with van der Waals surface area (Å²) < 4.78 is 5.18. The molecule has 0 unspecified atom stereocenters. The van der Waals surface area contributed by atoms with Gasteiger partial charge in [0.1, 0.15) is 0 Å². The minimum atomic E-state index is -1.01. The quantitative estimate of drug-likeness (QED) is 0.839. The van der Waals surface area contributed by atoms with E-state index < -0.39 is 12.1 Å². The molecule has 1 amide bonds. The molecule has 1 aliphatic carbocycles. The van der Waals surface area contributed by atoms with Crippen LogP contribution in [0.25, 0.3) is 0 Å². The minimum Gasteiger partial charge on any atom is -0.447 e. The first kappa shape index (κ1) is 17.1. The van der Waals surface area contributed by atoms with Gasteiger partial charge < -0.3 is 10.1 Å². The van der Waals surface area contributed by atoms with Gasteiger partial charge in [-0.1, -0.05) is 48.5 Å². The Morgan fingerprint density at radius 2 is 1.86 bits per heavy atom. The Kier molecular flexibility index (Phi) is 6.09. The van der Waals surface area contributed by atoms with Gasteiger partial charge in [-0.25, -0.2) is 0 Å². The number of nitrogens with one attached hydrogen (secondary N) is 1. The van der Waals surface area contributed by atoms with Crippen LogP contribution in [-0.2, 0) is 14.3 Å². The van der Waals surface area contributed by atoms with Crippen molar-refractivity contribution < 1.29 is 14.3 Å². The Hall–Kier alpha value is -1.26. The third kappa shape index (κ3) is 4.62. The zero-order chi connectivity index (χ0) is 16.1. The first-order chi connectivity index (χ1) is 10.5. The van der Waals surface area contributed by atoms with Crippen molar-refractivity contribution in [3.05, 3.63) is 33.8 Å². The summed E-state index contributed by atoms with van der Waals surface area (Å²) >= 11 is 11.9. The van der Waals surface area contributed by atoms with Crippen LogP contribution in [-0.4, -0.2) is 17.9 Å². The molecule has 1 N–H and O–H groups in total. The van der Waals surface area contributed by atoms with Gasteiger partial charge in [0.05, 0.1) is 10.0 Å². The normalized spacial score (nSPS) is 16.9. The Morgan fingerprint density at radius 1 is 1.18 bits per heavy atom. The lowest BCUT2D eigenvalue weighted by atomic mass is 9.95. The largest absolute Gasteiger partial charge is 0.447 e. The predicted octanol–water partition coefficient (Wildman–Crippen LogP) is 4.05. The average molecular weight is 344 g/mol. The fraction of sp³-hybridized carbons (Fsp3) is 0.500. The number of benzene rings is 1. The van der Waals surface area contributed by atoms with Crippen molar-refractivity contribution in [2.75, 3.05) is 0 Å². The van der Waals surface area contributed by atoms with Gasteiger partial charge in [0.2, 0.25) is 6.10 Å². The van der Waals surface area contributed by atoms with Crippen LogP contribution in [0.15, 0.2) is 18.2 Å². The molecule has 1 fully saturated rings. The Labute approximate surface area is 140 Å². The van der Waals surface area contributed by atoms with Crippen molar-refractivity contribution >= 4 is 35.1 Å². The number of hydrogen-bond acceptors (Lipinski definition) is 3. The number of amides is 1. The maximum Gasteiger partial charge on any atom is 0.303 e. The number of halogens is 2.